The molecular weight excluding hydrogens is 384 g/mol. The number of hydrogen-bond acceptors (Lipinski definition) is 4. The van der Waals surface area contributed by atoms with Crippen LogP contribution in [-0.2, 0) is 4.79 Å². The molecule has 0 aliphatic rings. The van der Waals surface area contributed by atoms with Gasteiger partial charge in [0.2, 0.25) is 0 Å². The molecule has 27 heavy (non-hydrogen) atoms. The molecule has 0 unspecified atom stereocenters. The fraction of sp³-hybridized carbons (Fsp3) is 0. The van der Waals surface area contributed by atoms with Crippen LogP contribution in [0.15, 0.2) is 66.4 Å². The number of carboxylic acids is 1. The summed E-state index contributed by atoms with van der Waals surface area (Å²) < 4.78 is 0. The Hall–Kier alpha value is -3.09. The number of carboxylic acid groups (broad SMARTS) is 1. The van der Waals surface area contributed by atoms with Crippen LogP contribution in [0, 0.1) is 0 Å². The topological polar surface area (TPSA) is 92.4 Å². The highest BCUT2D eigenvalue weighted by Gasteiger charge is 2.16. The van der Waals surface area contributed by atoms with E-state index in [1.807, 2.05) is 24.3 Å². The van der Waals surface area contributed by atoms with Crippen molar-refractivity contribution in [2.45, 2.75) is 0 Å². The van der Waals surface area contributed by atoms with Crippen LogP contribution in [0.1, 0.15) is 15.2 Å². The molecule has 0 bridgehead atoms. The second-order valence-electron chi connectivity index (χ2n) is 5.59. The summed E-state index contributed by atoms with van der Waals surface area (Å²) in [6.07, 6.45) is 1.41. The van der Waals surface area contributed by atoms with Crippen LogP contribution in [0.3, 0.4) is 0 Å². The Morgan fingerprint density at radius 3 is 2.44 bits per heavy atom. The molecule has 1 amide bonds. The number of thiophene rings is 1. The number of hydrogen-bond donors (Lipinski definition) is 3. The van der Waals surface area contributed by atoms with E-state index in [1.54, 1.807) is 30.3 Å². The lowest BCUT2D eigenvalue weighted by Gasteiger charge is -2.07. The molecule has 0 spiro atoms. The predicted molar refractivity (Wildman–Crippen MR) is 109 cm³/mol. The molecule has 1 aromatic heterocycles. The Bertz CT molecular complexity index is 1040. The Morgan fingerprint density at radius 2 is 1.74 bits per heavy atom. The highest BCUT2D eigenvalue weighted by molar-refractivity contribution is 7.16. The van der Waals surface area contributed by atoms with E-state index in [2.05, 4.69) is 5.32 Å². The van der Waals surface area contributed by atoms with Crippen molar-refractivity contribution in [3.63, 3.8) is 0 Å². The summed E-state index contributed by atoms with van der Waals surface area (Å²) in [5.41, 5.74) is 6.88. The van der Waals surface area contributed by atoms with Gasteiger partial charge in [-0.3, -0.25) is 4.79 Å². The van der Waals surface area contributed by atoms with Gasteiger partial charge in [0, 0.05) is 26.0 Å². The maximum atomic E-state index is 12.3. The third-order valence-electron chi connectivity index (χ3n) is 3.74. The van der Waals surface area contributed by atoms with E-state index in [4.69, 9.17) is 17.3 Å². The van der Waals surface area contributed by atoms with E-state index in [1.165, 1.54) is 23.5 Å². The molecule has 0 aliphatic carbocycles. The lowest BCUT2D eigenvalue weighted by Crippen LogP contribution is -2.27. The molecule has 4 N–H and O–H groups in total. The zero-order valence-electron chi connectivity index (χ0n) is 14.0. The molecule has 3 rings (SSSR count). The Labute approximate surface area is 164 Å². The second kappa shape index (κ2) is 8.07. The van der Waals surface area contributed by atoms with E-state index in [9.17, 15) is 14.7 Å². The first-order valence-corrected chi connectivity index (χ1v) is 9.10. The van der Waals surface area contributed by atoms with Crippen molar-refractivity contribution in [2.75, 3.05) is 5.73 Å². The van der Waals surface area contributed by atoms with Gasteiger partial charge in [-0.1, -0.05) is 41.9 Å². The smallest absolute Gasteiger partial charge is 0.352 e. The molecule has 0 fully saturated rings. The number of carbonyl (C=O) groups excluding carboxylic acids is 1. The molecule has 0 atom stereocenters. The molecular formula is C20H15ClN2O3S. The zero-order valence-corrected chi connectivity index (χ0v) is 15.6. The van der Waals surface area contributed by atoms with Crippen molar-refractivity contribution < 1.29 is 14.7 Å². The summed E-state index contributed by atoms with van der Waals surface area (Å²) in [5, 5.41) is 12.5. The second-order valence-corrected chi connectivity index (χ2v) is 7.11. The summed E-state index contributed by atoms with van der Waals surface area (Å²) >= 11 is 7.58. The highest BCUT2D eigenvalue weighted by atomic mass is 35.5. The molecule has 5 nitrogen and oxygen atoms in total. The van der Waals surface area contributed by atoms with Crippen molar-refractivity contribution in [2.24, 2.45) is 0 Å². The predicted octanol–water partition coefficient (Wildman–Crippen LogP) is 4.51. The van der Waals surface area contributed by atoms with Crippen LogP contribution in [-0.4, -0.2) is 17.0 Å². The minimum atomic E-state index is -1.24. The highest BCUT2D eigenvalue weighted by Crippen LogP contribution is 2.33. The van der Waals surface area contributed by atoms with Gasteiger partial charge in [-0.25, -0.2) is 4.79 Å². The van der Waals surface area contributed by atoms with Crippen LogP contribution in [0.2, 0.25) is 5.02 Å². The largest absolute Gasteiger partial charge is 0.477 e. The zero-order chi connectivity index (χ0) is 19.4. The molecule has 2 aromatic carbocycles. The van der Waals surface area contributed by atoms with Crippen LogP contribution >= 0.6 is 22.9 Å². The average Bonchev–Trinajstić information content (AvgIpc) is 3.10. The summed E-state index contributed by atoms with van der Waals surface area (Å²) in [6, 6.07) is 17.5. The third-order valence-corrected chi connectivity index (χ3v) is 5.13. The molecule has 0 saturated carbocycles. The number of rotatable bonds is 5. The fourth-order valence-corrected chi connectivity index (χ4v) is 3.71. The van der Waals surface area contributed by atoms with Crippen LogP contribution in [0.4, 0.5) is 5.69 Å². The van der Waals surface area contributed by atoms with Crippen LogP contribution in [0.5, 0.6) is 0 Å². The van der Waals surface area contributed by atoms with Crippen molar-refractivity contribution in [1.29, 1.82) is 0 Å². The van der Waals surface area contributed by atoms with Crippen molar-refractivity contribution in [3.05, 3.63) is 81.8 Å². The van der Waals surface area contributed by atoms with E-state index < -0.39 is 11.9 Å². The molecule has 3 aromatic rings. The molecule has 1 heterocycles. The lowest BCUT2D eigenvalue weighted by atomic mass is 10.1. The first-order chi connectivity index (χ1) is 13.0. The van der Waals surface area contributed by atoms with Crippen LogP contribution < -0.4 is 11.1 Å². The first kappa shape index (κ1) is 18.7. The number of carbonyl (C=O) groups is 2. The minimum Gasteiger partial charge on any atom is -0.477 e. The number of nitrogens with two attached hydrogens (primary N) is 1. The molecule has 0 radical (unpaired) electrons. The first-order valence-electron chi connectivity index (χ1n) is 7.91. The number of anilines is 1. The van der Waals surface area contributed by atoms with Gasteiger partial charge in [0.1, 0.15) is 5.70 Å². The monoisotopic (exact) mass is 398 g/mol. The van der Waals surface area contributed by atoms with Gasteiger partial charge in [0.05, 0.1) is 5.56 Å². The van der Waals surface area contributed by atoms with E-state index in [0.717, 1.165) is 10.4 Å². The lowest BCUT2D eigenvalue weighted by molar-refractivity contribution is -0.132. The van der Waals surface area contributed by atoms with Gasteiger partial charge in [0.15, 0.2) is 0 Å². The quantitative estimate of drug-likeness (QED) is 0.435. The summed E-state index contributed by atoms with van der Waals surface area (Å²) in [6.45, 7) is 0. The fourth-order valence-electron chi connectivity index (χ4n) is 2.42. The maximum Gasteiger partial charge on any atom is 0.352 e. The van der Waals surface area contributed by atoms with Gasteiger partial charge in [0.25, 0.3) is 5.91 Å². The Balaban J connectivity index is 1.87. The van der Waals surface area contributed by atoms with E-state index in [0.29, 0.717) is 9.90 Å². The molecule has 7 heteroatoms. The number of amides is 1. The van der Waals surface area contributed by atoms with Crippen molar-refractivity contribution in [1.82, 2.24) is 5.32 Å². The summed E-state index contributed by atoms with van der Waals surface area (Å²) in [4.78, 5) is 25.5. The number of halogens is 1. The summed E-state index contributed by atoms with van der Waals surface area (Å²) in [5.74, 6) is -1.82. The van der Waals surface area contributed by atoms with Crippen LogP contribution in [0.25, 0.3) is 16.5 Å². The summed E-state index contributed by atoms with van der Waals surface area (Å²) in [7, 11) is 0. The Morgan fingerprint density at radius 1 is 1.04 bits per heavy atom. The normalized spacial score (nSPS) is 11.2. The van der Waals surface area contributed by atoms with E-state index >= 15 is 0 Å². The SMILES string of the molecule is Nc1ccccc1C(=O)N/C(=C/c1ccc(-c2ccccc2Cl)s1)C(=O)O. The standard InChI is InChI=1S/C20H15ClN2O3S/c21-15-7-3-1-5-13(15)18-10-9-12(27-18)11-17(20(25)26)23-19(24)14-6-2-4-8-16(14)22/h1-11H,22H2,(H,23,24)(H,25,26)/b17-11+. The van der Waals surface area contributed by atoms with Gasteiger partial charge in [-0.05, 0) is 36.4 Å². The molecule has 0 aliphatic heterocycles. The number of aliphatic carboxylic acids is 1. The van der Waals surface area contributed by atoms with E-state index in [-0.39, 0.29) is 16.9 Å². The average molecular weight is 399 g/mol. The minimum absolute atomic E-state index is 0.215. The number of nitrogen functional groups attached to an aromatic ring is 1. The number of para-hydroxylation sites is 1. The maximum absolute atomic E-state index is 12.3. The van der Waals surface area contributed by atoms with Crippen molar-refractivity contribution in [3.8, 4) is 10.4 Å². The number of benzene rings is 2. The van der Waals surface area contributed by atoms with Gasteiger partial charge >= 0.3 is 5.97 Å². The molecule has 0 saturated heterocycles. The number of nitrogens with one attached hydrogen (secondary N) is 1. The Kier molecular flexibility index (Phi) is 5.59. The van der Waals surface area contributed by atoms with Crippen molar-refractivity contribution >= 4 is 46.6 Å². The van der Waals surface area contributed by atoms with Gasteiger partial charge < -0.3 is 16.2 Å². The third kappa shape index (κ3) is 4.36. The van der Waals surface area contributed by atoms with Gasteiger partial charge in [-0.2, -0.15) is 0 Å². The van der Waals surface area contributed by atoms with Gasteiger partial charge in [-0.15, -0.1) is 11.3 Å². The molecule has 136 valence electrons.